The molecule has 1 aliphatic carbocycles. The third-order valence-electron chi connectivity index (χ3n) is 6.87. The zero-order valence-electron chi connectivity index (χ0n) is 21.8. The number of aryl methyl sites for hydroxylation is 1. The van der Waals surface area contributed by atoms with Crippen LogP contribution < -0.4 is 4.74 Å². The SMILES string of the molecule is CCOC(=O)CCCCc1cc(F)c(F)c(OC[C@H](O)C[N+](C)(C)CCC2Cc3ccccc3C2)c1. The lowest BCUT2D eigenvalue weighted by Gasteiger charge is -2.32. The Bertz CT molecular complexity index is 986. The van der Waals surface area contributed by atoms with E-state index in [2.05, 4.69) is 38.4 Å². The molecule has 2 aromatic rings. The quantitative estimate of drug-likeness (QED) is 0.227. The topological polar surface area (TPSA) is 55.8 Å². The number of rotatable bonds is 14. The zero-order valence-corrected chi connectivity index (χ0v) is 21.8. The summed E-state index contributed by atoms with van der Waals surface area (Å²) in [6.07, 6.45) is 4.50. The summed E-state index contributed by atoms with van der Waals surface area (Å²) < 4.78 is 39.5. The van der Waals surface area contributed by atoms with Crippen LogP contribution in [0.4, 0.5) is 8.78 Å². The van der Waals surface area contributed by atoms with E-state index >= 15 is 0 Å². The first-order valence-corrected chi connectivity index (χ1v) is 13.0. The molecule has 0 fully saturated rings. The molecule has 1 atom stereocenters. The van der Waals surface area contributed by atoms with E-state index in [1.807, 2.05) is 0 Å². The van der Waals surface area contributed by atoms with Crippen LogP contribution in [-0.4, -0.2) is 62.1 Å². The second kappa shape index (κ2) is 13.2. The number of ether oxygens (including phenoxy) is 2. The molecule has 0 spiro atoms. The molecule has 0 amide bonds. The lowest BCUT2D eigenvalue weighted by Crippen LogP contribution is -2.48. The summed E-state index contributed by atoms with van der Waals surface area (Å²) in [5.74, 6) is -1.85. The van der Waals surface area contributed by atoms with Gasteiger partial charge in [-0.05, 0) is 73.8 Å². The Balaban J connectivity index is 1.44. The number of unbranched alkanes of at least 4 members (excludes halogenated alkanes) is 1. The van der Waals surface area contributed by atoms with Crippen molar-refractivity contribution < 1.29 is 32.6 Å². The predicted molar refractivity (Wildman–Crippen MR) is 136 cm³/mol. The van der Waals surface area contributed by atoms with Gasteiger partial charge in [0.2, 0.25) is 5.82 Å². The highest BCUT2D eigenvalue weighted by molar-refractivity contribution is 5.69. The van der Waals surface area contributed by atoms with Gasteiger partial charge in [0.1, 0.15) is 19.3 Å². The second-order valence-electron chi connectivity index (χ2n) is 10.5. The van der Waals surface area contributed by atoms with Crippen LogP contribution >= 0.6 is 0 Å². The van der Waals surface area contributed by atoms with Gasteiger partial charge in [0.25, 0.3) is 0 Å². The van der Waals surface area contributed by atoms with Gasteiger partial charge in [-0.15, -0.1) is 0 Å². The summed E-state index contributed by atoms with van der Waals surface area (Å²) in [7, 11) is 4.14. The first-order valence-electron chi connectivity index (χ1n) is 13.0. The maximum atomic E-state index is 14.3. The highest BCUT2D eigenvalue weighted by atomic mass is 19.2. The van der Waals surface area contributed by atoms with Gasteiger partial charge >= 0.3 is 5.97 Å². The van der Waals surface area contributed by atoms with E-state index in [1.54, 1.807) is 6.92 Å². The molecular formula is C29H40F2NO4+. The molecule has 0 aromatic heterocycles. The second-order valence-corrected chi connectivity index (χ2v) is 10.5. The smallest absolute Gasteiger partial charge is 0.305 e. The Morgan fingerprint density at radius 2 is 1.83 bits per heavy atom. The number of likely N-dealkylation sites (N-methyl/N-ethyl adjacent to an activating group) is 1. The van der Waals surface area contributed by atoms with Crippen molar-refractivity contribution in [1.82, 2.24) is 0 Å². The average Bonchev–Trinajstić information content (AvgIpc) is 3.25. The maximum absolute atomic E-state index is 14.3. The van der Waals surface area contributed by atoms with Gasteiger partial charge in [0.15, 0.2) is 11.6 Å². The third kappa shape index (κ3) is 8.56. The molecule has 0 saturated heterocycles. The summed E-state index contributed by atoms with van der Waals surface area (Å²) in [6, 6.07) is 11.2. The van der Waals surface area contributed by atoms with Crippen LogP contribution in [0.2, 0.25) is 0 Å². The highest BCUT2D eigenvalue weighted by Gasteiger charge is 2.26. The van der Waals surface area contributed by atoms with Crippen LogP contribution in [0.15, 0.2) is 36.4 Å². The molecule has 198 valence electrons. The van der Waals surface area contributed by atoms with Gasteiger partial charge < -0.3 is 19.1 Å². The van der Waals surface area contributed by atoms with E-state index in [9.17, 15) is 18.7 Å². The number of benzene rings is 2. The fourth-order valence-electron chi connectivity index (χ4n) is 4.98. The van der Waals surface area contributed by atoms with Crippen molar-refractivity contribution >= 4 is 5.97 Å². The number of hydrogen-bond donors (Lipinski definition) is 1. The first-order chi connectivity index (χ1) is 17.2. The van der Waals surface area contributed by atoms with Gasteiger partial charge in [-0.3, -0.25) is 4.79 Å². The minimum Gasteiger partial charge on any atom is -0.487 e. The van der Waals surface area contributed by atoms with Gasteiger partial charge in [-0.2, -0.15) is 4.39 Å². The largest absolute Gasteiger partial charge is 0.487 e. The monoisotopic (exact) mass is 504 g/mol. The fraction of sp³-hybridized carbons (Fsp3) is 0.552. The Hall–Kier alpha value is -2.51. The molecule has 0 radical (unpaired) electrons. The Labute approximate surface area is 213 Å². The summed E-state index contributed by atoms with van der Waals surface area (Å²) >= 11 is 0. The maximum Gasteiger partial charge on any atom is 0.305 e. The predicted octanol–water partition coefficient (Wildman–Crippen LogP) is 4.86. The van der Waals surface area contributed by atoms with E-state index < -0.39 is 17.7 Å². The van der Waals surface area contributed by atoms with Crippen LogP contribution in [0.25, 0.3) is 0 Å². The number of halogens is 2. The number of esters is 1. The molecule has 1 N–H and O–H groups in total. The molecule has 36 heavy (non-hydrogen) atoms. The molecule has 0 bridgehead atoms. The summed E-state index contributed by atoms with van der Waals surface area (Å²) in [5, 5.41) is 10.6. The number of aliphatic hydroxyl groups excluding tert-OH is 1. The van der Waals surface area contributed by atoms with Crippen LogP contribution in [-0.2, 0) is 28.8 Å². The summed E-state index contributed by atoms with van der Waals surface area (Å²) in [5.41, 5.74) is 3.48. The first kappa shape index (κ1) is 28.1. The molecule has 3 rings (SSSR count). The molecule has 0 unspecified atom stereocenters. The van der Waals surface area contributed by atoms with Gasteiger partial charge in [-0.1, -0.05) is 24.3 Å². The van der Waals surface area contributed by atoms with E-state index in [0.717, 1.165) is 31.9 Å². The van der Waals surface area contributed by atoms with Gasteiger partial charge in [-0.25, -0.2) is 4.39 Å². The molecule has 2 aromatic carbocycles. The molecule has 1 aliphatic rings. The number of aliphatic hydroxyl groups is 1. The van der Waals surface area contributed by atoms with Crippen LogP contribution in [0.5, 0.6) is 5.75 Å². The number of quaternary nitrogens is 1. The fourth-order valence-corrected chi connectivity index (χ4v) is 4.98. The third-order valence-corrected chi connectivity index (χ3v) is 6.87. The number of carbonyl (C=O) groups is 1. The van der Waals surface area contributed by atoms with Crippen LogP contribution in [0, 0.1) is 17.6 Å². The molecule has 7 heteroatoms. The molecular weight excluding hydrogens is 464 g/mol. The van der Waals surface area contributed by atoms with E-state index in [0.29, 0.717) is 54.8 Å². The number of fused-ring (bicyclic) bond motifs is 1. The van der Waals surface area contributed by atoms with Crippen LogP contribution in [0.1, 0.15) is 49.3 Å². The van der Waals surface area contributed by atoms with E-state index in [4.69, 9.17) is 9.47 Å². The molecule has 0 heterocycles. The molecule has 5 nitrogen and oxygen atoms in total. The van der Waals surface area contributed by atoms with Crippen molar-refractivity contribution in [2.45, 2.75) is 58.0 Å². The Kier molecular flexibility index (Phi) is 10.3. The number of hydrogen-bond acceptors (Lipinski definition) is 4. The van der Waals surface area contributed by atoms with Gasteiger partial charge in [0, 0.05) is 12.8 Å². The minimum atomic E-state index is -1.05. The molecule has 0 aliphatic heterocycles. The van der Waals surface area contributed by atoms with Crippen molar-refractivity contribution in [3.8, 4) is 5.75 Å². The Morgan fingerprint density at radius 1 is 1.14 bits per heavy atom. The van der Waals surface area contributed by atoms with Crippen molar-refractivity contribution in [3.05, 3.63) is 64.7 Å². The number of nitrogens with zero attached hydrogens (tertiary/aromatic N) is 1. The van der Waals surface area contributed by atoms with Crippen molar-refractivity contribution in [3.63, 3.8) is 0 Å². The van der Waals surface area contributed by atoms with E-state index in [1.165, 1.54) is 17.2 Å². The van der Waals surface area contributed by atoms with Crippen molar-refractivity contribution in [1.29, 1.82) is 0 Å². The highest BCUT2D eigenvalue weighted by Crippen LogP contribution is 2.29. The number of carbonyl (C=O) groups excluding carboxylic acids is 1. The van der Waals surface area contributed by atoms with E-state index in [-0.39, 0.29) is 18.3 Å². The minimum absolute atomic E-state index is 0.112. The Morgan fingerprint density at radius 3 is 2.50 bits per heavy atom. The molecule has 0 saturated carbocycles. The normalized spacial score (nSPS) is 14.5. The zero-order chi connectivity index (χ0) is 26.1. The summed E-state index contributed by atoms with van der Waals surface area (Å²) in [6.45, 7) is 3.36. The van der Waals surface area contributed by atoms with Gasteiger partial charge in [0.05, 0.1) is 27.2 Å². The average molecular weight is 505 g/mol. The lowest BCUT2D eigenvalue weighted by atomic mass is 10.0. The standard InChI is InChI=1S/C29H40F2NO4/c1-4-35-28(34)12-8-5-9-21-17-26(30)29(31)27(18-21)36-20-25(33)19-32(2,3)14-13-22-15-23-10-6-7-11-24(23)16-22/h6-7,10-11,17-18,22,25,33H,4-5,8-9,12-16,19-20H2,1-3H3/q+1/t25-/m1/s1. The van der Waals surface area contributed by atoms with Crippen molar-refractivity contribution in [2.24, 2.45) is 5.92 Å². The lowest BCUT2D eigenvalue weighted by molar-refractivity contribution is -0.894. The summed E-state index contributed by atoms with van der Waals surface area (Å²) in [4.78, 5) is 11.4. The van der Waals surface area contributed by atoms with Crippen molar-refractivity contribution in [2.75, 3.05) is 40.4 Å². The van der Waals surface area contributed by atoms with Crippen LogP contribution in [0.3, 0.4) is 0 Å².